The first-order valence-corrected chi connectivity index (χ1v) is 8.07. The fraction of sp³-hybridized carbons (Fsp3) is 0.176. The van der Waals surface area contributed by atoms with Crippen molar-refractivity contribution >= 4 is 29.4 Å². The molecule has 0 radical (unpaired) electrons. The molecule has 3 rings (SSSR count). The van der Waals surface area contributed by atoms with Gasteiger partial charge < -0.3 is 10.6 Å². The molecule has 0 aliphatic carbocycles. The van der Waals surface area contributed by atoms with Gasteiger partial charge in [0, 0.05) is 18.1 Å². The van der Waals surface area contributed by atoms with Gasteiger partial charge in [-0.1, -0.05) is 36.9 Å². The van der Waals surface area contributed by atoms with E-state index in [0.717, 1.165) is 17.7 Å². The number of thioether (sulfide) groups is 1. The number of anilines is 1. The average molecular weight is 311 g/mol. The number of nitrogens with zero attached hydrogens (tertiary/aromatic N) is 1. The van der Waals surface area contributed by atoms with Crippen LogP contribution in [0.2, 0.25) is 0 Å². The number of hydrogen-bond acceptors (Lipinski definition) is 4. The van der Waals surface area contributed by atoms with E-state index in [2.05, 4.69) is 34.7 Å². The highest BCUT2D eigenvalue weighted by atomic mass is 32.2. The second-order valence-electron chi connectivity index (χ2n) is 4.96. The molecule has 4 nitrogen and oxygen atoms in total. The lowest BCUT2D eigenvalue weighted by atomic mass is 10.1. The molecule has 1 atom stereocenters. The zero-order chi connectivity index (χ0) is 15.4. The normalized spacial score (nSPS) is 19.2. The molecule has 0 bridgehead atoms. The first kappa shape index (κ1) is 14.7. The maximum atomic E-state index is 12.0. The number of amides is 1. The first-order chi connectivity index (χ1) is 10.7. The summed E-state index contributed by atoms with van der Waals surface area (Å²) in [4.78, 5) is 16.8. The van der Waals surface area contributed by atoms with Crippen LogP contribution in [-0.2, 0) is 11.2 Å². The van der Waals surface area contributed by atoms with Gasteiger partial charge in [-0.15, -0.1) is 0 Å². The van der Waals surface area contributed by atoms with Crippen molar-refractivity contribution in [3.63, 3.8) is 0 Å². The Bertz CT molecular complexity index is 683. The van der Waals surface area contributed by atoms with Crippen LogP contribution in [0.4, 0.5) is 5.69 Å². The maximum Gasteiger partial charge on any atom is 0.260 e. The van der Waals surface area contributed by atoms with Crippen LogP contribution in [0.15, 0.2) is 53.7 Å². The third-order valence-corrected chi connectivity index (χ3v) is 4.40. The van der Waals surface area contributed by atoms with Crippen molar-refractivity contribution in [2.45, 2.75) is 18.8 Å². The van der Waals surface area contributed by atoms with Gasteiger partial charge >= 0.3 is 0 Å². The monoisotopic (exact) mass is 311 g/mol. The summed E-state index contributed by atoms with van der Waals surface area (Å²) < 4.78 is 0. The van der Waals surface area contributed by atoms with Gasteiger partial charge in [0.05, 0.1) is 4.91 Å². The number of aromatic nitrogens is 1. The van der Waals surface area contributed by atoms with Crippen LogP contribution >= 0.6 is 11.8 Å². The molecule has 2 aromatic rings. The topological polar surface area (TPSA) is 54.0 Å². The van der Waals surface area contributed by atoms with Crippen LogP contribution < -0.4 is 10.6 Å². The summed E-state index contributed by atoms with van der Waals surface area (Å²) in [6, 6.07) is 12.0. The van der Waals surface area contributed by atoms with Gasteiger partial charge in [0.25, 0.3) is 5.91 Å². The summed E-state index contributed by atoms with van der Waals surface area (Å²) in [5, 5.41) is 6.24. The fourth-order valence-corrected chi connectivity index (χ4v) is 3.15. The Balaban J connectivity index is 1.67. The minimum absolute atomic E-state index is 0.0588. The van der Waals surface area contributed by atoms with Crippen LogP contribution in [0, 0.1) is 0 Å². The number of hydrogen-bond donors (Lipinski definition) is 2. The van der Waals surface area contributed by atoms with Crippen LogP contribution in [0.1, 0.15) is 18.1 Å². The maximum absolute atomic E-state index is 12.0. The molecule has 1 aliphatic heterocycles. The highest BCUT2D eigenvalue weighted by Gasteiger charge is 2.26. The Morgan fingerprint density at radius 1 is 1.32 bits per heavy atom. The molecule has 1 fully saturated rings. The molecule has 0 spiro atoms. The number of benzene rings is 1. The van der Waals surface area contributed by atoms with Gasteiger partial charge in [0.2, 0.25) is 0 Å². The van der Waals surface area contributed by atoms with Gasteiger partial charge in [-0.3, -0.25) is 9.78 Å². The molecule has 22 heavy (non-hydrogen) atoms. The molecule has 0 saturated carbocycles. The summed E-state index contributed by atoms with van der Waals surface area (Å²) in [5.41, 5.74) is 3.07. The third kappa shape index (κ3) is 3.49. The van der Waals surface area contributed by atoms with E-state index in [0.29, 0.717) is 4.91 Å². The van der Waals surface area contributed by atoms with E-state index >= 15 is 0 Å². The standard InChI is InChI=1S/C17H17N3OS/c1-2-12-5-7-14(8-6-12)19-17-20-16(21)15(22-17)10-13-4-3-9-18-11-13/h3-11,17,19H,2H2,1H3,(H,20,21)/b15-10-/t17-/m0/s1. The molecule has 2 N–H and O–H groups in total. The summed E-state index contributed by atoms with van der Waals surface area (Å²) >= 11 is 1.48. The minimum Gasteiger partial charge on any atom is -0.357 e. The lowest BCUT2D eigenvalue weighted by Crippen LogP contribution is -2.30. The molecule has 2 heterocycles. The van der Waals surface area contributed by atoms with Gasteiger partial charge in [0.15, 0.2) is 5.50 Å². The van der Waals surface area contributed by atoms with E-state index in [9.17, 15) is 4.79 Å². The SMILES string of the molecule is CCc1ccc(N[C@H]2NC(=O)/C(=C/c3cccnc3)S2)cc1. The zero-order valence-corrected chi connectivity index (χ0v) is 13.1. The smallest absolute Gasteiger partial charge is 0.260 e. The highest BCUT2D eigenvalue weighted by molar-refractivity contribution is 8.05. The first-order valence-electron chi connectivity index (χ1n) is 7.19. The third-order valence-electron chi connectivity index (χ3n) is 3.37. The number of carbonyl (C=O) groups excluding carboxylic acids is 1. The summed E-state index contributed by atoms with van der Waals surface area (Å²) in [6.45, 7) is 2.13. The Morgan fingerprint density at radius 2 is 2.14 bits per heavy atom. The molecule has 1 amide bonds. The fourth-order valence-electron chi connectivity index (χ4n) is 2.17. The minimum atomic E-state index is -0.150. The van der Waals surface area contributed by atoms with E-state index in [1.807, 2.05) is 30.3 Å². The average Bonchev–Trinajstić information content (AvgIpc) is 2.88. The van der Waals surface area contributed by atoms with Crippen molar-refractivity contribution in [3.8, 4) is 0 Å². The number of carbonyl (C=O) groups is 1. The van der Waals surface area contributed by atoms with Crippen LogP contribution in [0.25, 0.3) is 6.08 Å². The molecular weight excluding hydrogens is 294 g/mol. The van der Waals surface area contributed by atoms with Crippen molar-refractivity contribution in [1.29, 1.82) is 0 Å². The van der Waals surface area contributed by atoms with E-state index in [1.54, 1.807) is 12.4 Å². The van der Waals surface area contributed by atoms with Crippen molar-refractivity contribution in [3.05, 3.63) is 64.8 Å². The Hall–Kier alpha value is -2.27. The lowest BCUT2D eigenvalue weighted by molar-refractivity contribution is -0.116. The van der Waals surface area contributed by atoms with E-state index in [-0.39, 0.29) is 11.4 Å². The predicted molar refractivity (Wildman–Crippen MR) is 91.2 cm³/mol. The molecular formula is C17H17N3OS. The second-order valence-corrected chi connectivity index (χ2v) is 6.11. The van der Waals surface area contributed by atoms with Crippen molar-refractivity contribution < 1.29 is 4.79 Å². The predicted octanol–water partition coefficient (Wildman–Crippen LogP) is 3.24. The second kappa shape index (κ2) is 6.66. The Kier molecular flexibility index (Phi) is 4.44. The molecule has 1 aromatic heterocycles. The van der Waals surface area contributed by atoms with Crippen molar-refractivity contribution in [1.82, 2.24) is 10.3 Å². The molecule has 5 heteroatoms. The largest absolute Gasteiger partial charge is 0.357 e. The van der Waals surface area contributed by atoms with Crippen molar-refractivity contribution in [2.24, 2.45) is 0 Å². The zero-order valence-electron chi connectivity index (χ0n) is 12.2. The quantitative estimate of drug-likeness (QED) is 0.851. The Labute approximate surface area is 134 Å². The molecule has 0 unspecified atom stereocenters. The van der Waals surface area contributed by atoms with Gasteiger partial charge in [-0.2, -0.15) is 0 Å². The number of nitrogens with one attached hydrogen (secondary N) is 2. The molecule has 1 saturated heterocycles. The van der Waals surface area contributed by atoms with Crippen LogP contribution in [-0.4, -0.2) is 16.4 Å². The lowest BCUT2D eigenvalue weighted by Gasteiger charge is -2.12. The number of aryl methyl sites for hydroxylation is 1. The van der Waals surface area contributed by atoms with E-state index in [1.165, 1.54) is 17.3 Å². The van der Waals surface area contributed by atoms with Crippen molar-refractivity contribution in [2.75, 3.05) is 5.32 Å². The molecule has 1 aliphatic rings. The molecule has 112 valence electrons. The number of rotatable bonds is 4. The Morgan fingerprint density at radius 3 is 2.82 bits per heavy atom. The summed E-state index contributed by atoms with van der Waals surface area (Å²) in [7, 11) is 0. The van der Waals surface area contributed by atoms with E-state index < -0.39 is 0 Å². The number of pyridine rings is 1. The van der Waals surface area contributed by atoms with Crippen LogP contribution in [0.5, 0.6) is 0 Å². The summed E-state index contributed by atoms with van der Waals surface area (Å²) in [5.74, 6) is -0.0588. The molecule has 1 aromatic carbocycles. The van der Waals surface area contributed by atoms with Gasteiger partial charge in [-0.05, 0) is 41.8 Å². The van der Waals surface area contributed by atoms with Crippen LogP contribution in [0.3, 0.4) is 0 Å². The van der Waals surface area contributed by atoms with Gasteiger partial charge in [-0.25, -0.2) is 0 Å². The summed E-state index contributed by atoms with van der Waals surface area (Å²) in [6.07, 6.45) is 6.33. The van der Waals surface area contributed by atoms with Gasteiger partial charge in [0.1, 0.15) is 0 Å². The highest BCUT2D eigenvalue weighted by Crippen LogP contribution is 2.30. The van der Waals surface area contributed by atoms with E-state index in [4.69, 9.17) is 0 Å².